The van der Waals surface area contributed by atoms with Crippen LogP contribution in [0.25, 0.3) is 0 Å². The standard InChI is InChI=1S/C33H47N3O6/c1-8-12-20-41-31(40)27-26-29(38)36(25(21-37)22(5)6)28(33(26)18-17-32(27,7)42-33)30(39)35(19-9-2)24-15-13-23(14-16-24)34(10-3)11-4/h8-9,13-16,22,25-28,37H,1-2,10-12,17-21H2,3-7H3/t25-,26-,27-,28?,32+,33?/m0/s1. The molecule has 2 bridgehead atoms. The minimum absolute atomic E-state index is 0.142. The molecule has 9 heteroatoms. The maximum absolute atomic E-state index is 14.8. The van der Waals surface area contributed by atoms with Crippen molar-refractivity contribution in [1.82, 2.24) is 4.90 Å². The van der Waals surface area contributed by atoms with Crippen LogP contribution in [0.15, 0.2) is 49.6 Å². The maximum Gasteiger partial charge on any atom is 0.312 e. The van der Waals surface area contributed by atoms with Gasteiger partial charge in [0.05, 0.1) is 30.8 Å². The fourth-order valence-corrected chi connectivity index (χ4v) is 7.34. The second-order valence-electron chi connectivity index (χ2n) is 12.1. The summed E-state index contributed by atoms with van der Waals surface area (Å²) in [5.74, 6) is -3.03. The van der Waals surface area contributed by atoms with Gasteiger partial charge in [-0.1, -0.05) is 26.0 Å². The number of amides is 2. The molecule has 2 amide bonds. The Hall–Kier alpha value is -3.17. The molecule has 1 aromatic carbocycles. The van der Waals surface area contributed by atoms with Gasteiger partial charge in [-0.05, 0) is 70.2 Å². The van der Waals surface area contributed by atoms with Crippen LogP contribution in [0, 0.1) is 17.8 Å². The minimum atomic E-state index is -1.21. The van der Waals surface area contributed by atoms with Crippen LogP contribution in [0.1, 0.15) is 53.9 Å². The highest BCUT2D eigenvalue weighted by molar-refractivity contribution is 6.05. The van der Waals surface area contributed by atoms with E-state index in [1.807, 2.05) is 45.0 Å². The second-order valence-corrected chi connectivity index (χ2v) is 12.1. The topological polar surface area (TPSA) is 99.6 Å². The van der Waals surface area contributed by atoms with Crippen molar-refractivity contribution >= 4 is 29.2 Å². The summed E-state index contributed by atoms with van der Waals surface area (Å²) in [6.07, 6.45) is 4.79. The van der Waals surface area contributed by atoms with E-state index in [1.54, 1.807) is 17.1 Å². The molecule has 3 aliphatic heterocycles. The van der Waals surface area contributed by atoms with Gasteiger partial charge in [-0.25, -0.2) is 0 Å². The third-order valence-electron chi connectivity index (χ3n) is 9.45. The molecule has 3 fully saturated rings. The third-order valence-corrected chi connectivity index (χ3v) is 9.45. The van der Waals surface area contributed by atoms with Crippen LogP contribution in [-0.4, -0.2) is 83.9 Å². The molecule has 230 valence electrons. The number of likely N-dealkylation sites (tertiary alicyclic amines) is 1. The number of nitrogens with zero attached hydrogens (tertiary/aromatic N) is 3. The van der Waals surface area contributed by atoms with Crippen LogP contribution < -0.4 is 9.80 Å². The van der Waals surface area contributed by atoms with Crippen LogP contribution in [0.3, 0.4) is 0 Å². The summed E-state index contributed by atoms with van der Waals surface area (Å²) in [6, 6.07) is 6.14. The highest BCUT2D eigenvalue weighted by Crippen LogP contribution is 2.64. The molecule has 0 saturated carbocycles. The zero-order valence-corrected chi connectivity index (χ0v) is 25.8. The first-order chi connectivity index (χ1) is 20.0. The summed E-state index contributed by atoms with van der Waals surface area (Å²) < 4.78 is 12.3. The number of hydrogen-bond donors (Lipinski definition) is 1. The lowest BCUT2D eigenvalue weighted by molar-refractivity contribution is -0.160. The molecule has 1 N–H and O–H groups in total. The first-order valence-electron chi connectivity index (χ1n) is 15.2. The Labute approximate surface area is 250 Å². The van der Waals surface area contributed by atoms with Crippen molar-refractivity contribution in [2.24, 2.45) is 17.8 Å². The Morgan fingerprint density at radius 1 is 1.14 bits per heavy atom. The van der Waals surface area contributed by atoms with Crippen LogP contribution >= 0.6 is 0 Å². The van der Waals surface area contributed by atoms with Crippen molar-refractivity contribution in [1.29, 1.82) is 0 Å². The van der Waals surface area contributed by atoms with E-state index < -0.39 is 41.1 Å². The lowest BCUT2D eigenvalue weighted by Gasteiger charge is -2.40. The van der Waals surface area contributed by atoms with E-state index in [1.165, 1.54) is 4.90 Å². The number of fused-ring (bicyclic) bond motifs is 1. The SMILES string of the molecule is C=CCCOC(=O)[C@@H]1[C@H]2C(=O)N([C@@H](CO)C(C)C)C(C(=O)N(CC=C)c3ccc(N(CC)CC)cc3)C23CC[C@@]1(C)O3. The predicted molar refractivity (Wildman–Crippen MR) is 163 cm³/mol. The minimum Gasteiger partial charge on any atom is -0.465 e. The van der Waals surface area contributed by atoms with Crippen molar-refractivity contribution in [3.8, 4) is 0 Å². The molecule has 6 atom stereocenters. The molecule has 0 aromatic heterocycles. The zero-order chi connectivity index (χ0) is 30.8. The lowest BCUT2D eigenvalue weighted by atomic mass is 9.66. The second kappa shape index (κ2) is 12.6. The molecule has 0 aliphatic carbocycles. The van der Waals surface area contributed by atoms with E-state index >= 15 is 0 Å². The Balaban J connectivity index is 1.79. The number of carbonyl (C=O) groups excluding carboxylic acids is 3. The fraction of sp³-hybridized carbons (Fsp3) is 0.606. The maximum atomic E-state index is 14.8. The largest absolute Gasteiger partial charge is 0.465 e. The molecule has 9 nitrogen and oxygen atoms in total. The van der Waals surface area contributed by atoms with Crippen LogP contribution in [0.2, 0.25) is 0 Å². The van der Waals surface area contributed by atoms with E-state index in [-0.39, 0.29) is 37.5 Å². The van der Waals surface area contributed by atoms with Gasteiger partial charge in [0.25, 0.3) is 5.91 Å². The zero-order valence-electron chi connectivity index (χ0n) is 25.8. The van der Waals surface area contributed by atoms with Crippen LogP contribution in [0.5, 0.6) is 0 Å². The summed E-state index contributed by atoms with van der Waals surface area (Å²) in [5, 5.41) is 10.5. The summed E-state index contributed by atoms with van der Waals surface area (Å²) in [7, 11) is 0. The molecular weight excluding hydrogens is 534 g/mol. The van der Waals surface area contributed by atoms with E-state index in [0.29, 0.717) is 24.9 Å². The molecule has 3 heterocycles. The van der Waals surface area contributed by atoms with Gasteiger partial charge in [0.2, 0.25) is 5.91 Å². The Morgan fingerprint density at radius 3 is 2.33 bits per heavy atom. The quantitative estimate of drug-likeness (QED) is 0.202. The first kappa shape index (κ1) is 31.8. The fourth-order valence-electron chi connectivity index (χ4n) is 7.34. The molecule has 3 saturated heterocycles. The van der Waals surface area contributed by atoms with Gasteiger partial charge in [0, 0.05) is 31.0 Å². The average Bonchev–Trinajstić information content (AvgIpc) is 3.54. The van der Waals surface area contributed by atoms with Crippen LogP contribution in [-0.2, 0) is 23.9 Å². The molecule has 1 spiro atoms. The molecular formula is C33H47N3O6. The van der Waals surface area contributed by atoms with Gasteiger partial charge >= 0.3 is 5.97 Å². The van der Waals surface area contributed by atoms with E-state index in [4.69, 9.17) is 9.47 Å². The van der Waals surface area contributed by atoms with Crippen molar-refractivity contribution in [2.45, 2.75) is 77.2 Å². The highest BCUT2D eigenvalue weighted by atomic mass is 16.6. The van der Waals surface area contributed by atoms with E-state index in [9.17, 15) is 19.5 Å². The molecule has 4 rings (SSSR count). The monoisotopic (exact) mass is 581 g/mol. The molecule has 42 heavy (non-hydrogen) atoms. The van der Waals surface area contributed by atoms with E-state index in [2.05, 4.69) is 31.9 Å². The van der Waals surface area contributed by atoms with Gasteiger partial charge in [-0.3, -0.25) is 14.4 Å². The van der Waals surface area contributed by atoms with Gasteiger partial charge in [0.1, 0.15) is 17.6 Å². The summed E-state index contributed by atoms with van der Waals surface area (Å²) in [5.41, 5.74) is -0.423. The number of aliphatic hydroxyl groups is 1. The third kappa shape index (κ3) is 5.15. The number of benzene rings is 1. The molecule has 1 aromatic rings. The van der Waals surface area contributed by atoms with Gasteiger partial charge in [0.15, 0.2) is 0 Å². The van der Waals surface area contributed by atoms with E-state index in [0.717, 1.165) is 18.8 Å². The number of carbonyl (C=O) groups is 3. The number of aliphatic hydroxyl groups excluding tert-OH is 1. The van der Waals surface area contributed by atoms with Gasteiger partial charge in [-0.2, -0.15) is 0 Å². The Kier molecular flexibility index (Phi) is 9.52. The summed E-state index contributed by atoms with van der Waals surface area (Å²) >= 11 is 0. The van der Waals surface area contributed by atoms with Gasteiger partial charge < -0.3 is 29.3 Å². The van der Waals surface area contributed by atoms with Gasteiger partial charge in [-0.15, -0.1) is 13.2 Å². The molecule has 3 aliphatic rings. The Morgan fingerprint density at radius 2 is 1.79 bits per heavy atom. The van der Waals surface area contributed by atoms with Crippen molar-refractivity contribution in [3.05, 3.63) is 49.6 Å². The number of anilines is 2. The summed E-state index contributed by atoms with van der Waals surface area (Å²) in [4.78, 5) is 48.0. The van der Waals surface area contributed by atoms with Crippen molar-refractivity contribution in [2.75, 3.05) is 42.6 Å². The normalized spacial score (nSPS) is 28.5. The van der Waals surface area contributed by atoms with Crippen molar-refractivity contribution in [3.63, 3.8) is 0 Å². The lowest BCUT2D eigenvalue weighted by Crippen LogP contribution is -2.60. The highest BCUT2D eigenvalue weighted by Gasteiger charge is 2.79. The number of rotatable bonds is 14. The molecule has 0 radical (unpaired) electrons. The smallest absolute Gasteiger partial charge is 0.312 e. The van der Waals surface area contributed by atoms with Crippen LogP contribution in [0.4, 0.5) is 11.4 Å². The predicted octanol–water partition coefficient (Wildman–Crippen LogP) is 3.95. The average molecular weight is 582 g/mol. The molecule has 2 unspecified atom stereocenters. The number of ether oxygens (including phenoxy) is 2. The number of hydrogen-bond acceptors (Lipinski definition) is 7. The Bertz CT molecular complexity index is 1180. The van der Waals surface area contributed by atoms with Crippen molar-refractivity contribution < 1.29 is 29.0 Å². The first-order valence-corrected chi connectivity index (χ1v) is 15.2. The number of esters is 1. The summed E-state index contributed by atoms with van der Waals surface area (Å²) in [6.45, 7) is 19.2.